The van der Waals surface area contributed by atoms with Crippen LogP contribution in [0.2, 0.25) is 0 Å². The molecule has 0 heterocycles. The van der Waals surface area contributed by atoms with Crippen LogP contribution >= 0.6 is 0 Å². The fourth-order valence-corrected chi connectivity index (χ4v) is 2.12. The number of aliphatic hydroxyl groups is 1. The van der Waals surface area contributed by atoms with E-state index in [9.17, 15) is 14.3 Å². The number of aliphatic hydroxyl groups excluding tert-OH is 1. The third-order valence-electron chi connectivity index (χ3n) is 3.37. The molecule has 0 saturated heterocycles. The molecule has 0 saturated carbocycles. The summed E-state index contributed by atoms with van der Waals surface area (Å²) in [7, 11) is 0. The van der Waals surface area contributed by atoms with E-state index in [-0.39, 0.29) is 24.9 Å². The first kappa shape index (κ1) is 18.4. The van der Waals surface area contributed by atoms with Crippen molar-refractivity contribution in [1.82, 2.24) is 5.32 Å². The van der Waals surface area contributed by atoms with Crippen molar-refractivity contribution in [3.05, 3.63) is 35.1 Å². The lowest BCUT2D eigenvalue weighted by Gasteiger charge is -2.20. The van der Waals surface area contributed by atoms with Crippen molar-refractivity contribution in [3.8, 4) is 0 Å². The predicted octanol–water partition coefficient (Wildman–Crippen LogP) is 3.41. The van der Waals surface area contributed by atoms with Crippen molar-refractivity contribution >= 4 is 6.09 Å². The van der Waals surface area contributed by atoms with Gasteiger partial charge in [-0.05, 0) is 44.7 Å². The Hall–Kier alpha value is -1.62. The van der Waals surface area contributed by atoms with Gasteiger partial charge in [-0.2, -0.15) is 0 Å². The second-order valence-electron chi connectivity index (χ2n) is 6.39. The van der Waals surface area contributed by atoms with Crippen molar-refractivity contribution < 1.29 is 19.0 Å². The Kier molecular flexibility index (Phi) is 6.81. The summed E-state index contributed by atoms with van der Waals surface area (Å²) in [5.41, 5.74) is 0.656. The van der Waals surface area contributed by atoms with Gasteiger partial charge in [0.1, 0.15) is 11.4 Å². The Bertz CT molecular complexity index is 493. The van der Waals surface area contributed by atoms with Gasteiger partial charge in [0.05, 0.1) is 0 Å². The maximum Gasteiger partial charge on any atom is 0.407 e. The van der Waals surface area contributed by atoms with Gasteiger partial charge in [-0.1, -0.05) is 25.5 Å². The van der Waals surface area contributed by atoms with Crippen LogP contribution in [-0.4, -0.2) is 23.4 Å². The lowest BCUT2D eigenvalue weighted by Crippen LogP contribution is -2.32. The molecular formula is C17H26FNO3. The molecule has 1 atom stereocenters. The smallest absolute Gasteiger partial charge is 0.407 e. The number of hydrogen-bond donors (Lipinski definition) is 2. The van der Waals surface area contributed by atoms with E-state index in [0.717, 1.165) is 12.0 Å². The average Bonchev–Trinajstić information content (AvgIpc) is 2.42. The average molecular weight is 311 g/mol. The van der Waals surface area contributed by atoms with E-state index in [1.165, 1.54) is 6.07 Å². The number of amides is 1. The largest absolute Gasteiger partial charge is 0.444 e. The zero-order chi connectivity index (χ0) is 16.8. The van der Waals surface area contributed by atoms with E-state index in [1.807, 2.05) is 13.0 Å². The zero-order valence-corrected chi connectivity index (χ0v) is 13.8. The molecule has 0 aromatic heterocycles. The highest BCUT2D eigenvalue weighted by atomic mass is 19.1. The first-order chi connectivity index (χ1) is 10.3. The third kappa shape index (κ3) is 6.02. The first-order valence-corrected chi connectivity index (χ1v) is 7.60. The number of carbonyl (C=O) groups excluding carboxylic acids is 1. The number of halogens is 1. The maximum atomic E-state index is 14.0. The highest BCUT2D eigenvalue weighted by Gasteiger charge is 2.18. The molecule has 0 fully saturated rings. The third-order valence-corrected chi connectivity index (χ3v) is 3.37. The summed E-state index contributed by atoms with van der Waals surface area (Å²) >= 11 is 0. The number of nitrogens with one attached hydrogen (secondary N) is 1. The Labute approximate surface area is 131 Å². The van der Waals surface area contributed by atoms with Crippen molar-refractivity contribution in [2.75, 3.05) is 6.61 Å². The standard InChI is InChI=1S/C17H26FNO3/c1-5-12(11-20)9-13-7-6-8-15(18)14(13)10-19-16(21)22-17(2,3)4/h6-8,12,20H,5,9-11H2,1-4H3,(H,19,21). The SMILES string of the molecule is CCC(CO)Cc1cccc(F)c1CNC(=O)OC(C)(C)C. The highest BCUT2D eigenvalue weighted by Crippen LogP contribution is 2.19. The molecule has 22 heavy (non-hydrogen) atoms. The molecule has 0 aliphatic rings. The molecule has 124 valence electrons. The zero-order valence-electron chi connectivity index (χ0n) is 13.8. The normalized spacial score (nSPS) is 12.8. The Morgan fingerprint density at radius 1 is 1.41 bits per heavy atom. The van der Waals surface area contributed by atoms with Crippen LogP contribution in [0.5, 0.6) is 0 Å². The van der Waals surface area contributed by atoms with Crippen molar-refractivity contribution in [2.24, 2.45) is 5.92 Å². The van der Waals surface area contributed by atoms with Crippen LogP contribution in [0.3, 0.4) is 0 Å². The summed E-state index contributed by atoms with van der Waals surface area (Å²) in [6.07, 6.45) is 0.818. The molecule has 0 spiro atoms. The van der Waals surface area contributed by atoms with Gasteiger partial charge in [0, 0.05) is 18.7 Å². The lowest BCUT2D eigenvalue weighted by atomic mass is 9.94. The molecule has 1 aromatic carbocycles. The van der Waals surface area contributed by atoms with E-state index in [4.69, 9.17) is 4.74 Å². The van der Waals surface area contributed by atoms with Gasteiger partial charge in [0.25, 0.3) is 0 Å². The Morgan fingerprint density at radius 2 is 2.09 bits per heavy atom. The van der Waals surface area contributed by atoms with Crippen LogP contribution < -0.4 is 5.32 Å². The second-order valence-corrected chi connectivity index (χ2v) is 6.39. The molecule has 0 radical (unpaired) electrons. The van der Waals surface area contributed by atoms with E-state index in [2.05, 4.69) is 5.32 Å². The minimum atomic E-state index is -0.591. The molecule has 1 rings (SSSR count). The lowest BCUT2D eigenvalue weighted by molar-refractivity contribution is 0.0523. The van der Waals surface area contributed by atoms with Gasteiger partial charge in [-0.3, -0.25) is 0 Å². The van der Waals surface area contributed by atoms with Crippen LogP contribution in [0, 0.1) is 11.7 Å². The van der Waals surface area contributed by atoms with Crippen molar-refractivity contribution in [1.29, 1.82) is 0 Å². The number of carbonyl (C=O) groups is 1. The molecule has 1 aromatic rings. The summed E-state index contributed by atoms with van der Waals surface area (Å²) in [5.74, 6) is -0.275. The van der Waals surface area contributed by atoms with Gasteiger partial charge < -0.3 is 15.2 Å². The fraction of sp³-hybridized carbons (Fsp3) is 0.588. The maximum absolute atomic E-state index is 14.0. The van der Waals surface area contributed by atoms with E-state index >= 15 is 0 Å². The molecule has 1 unspecified atom stereocenters. The molecule has 5 heteroatoms. The van der Waals surface area contributed by atoms with E-state index < -0.39 is 11.7 Å². The molecule has 1 amide bonds. The van der Waals surface area contributed by atoms with Gasteiger partial charge >= 0.3 is 6.09 Å². The summed E-state index contributed by atoms with van der Waals surface area (Å²) < 4.78 is 19.2. The van der Waals surface area contributed by atoms with Crippen LogP contribution in [0.15, 0.2) is 18.2 Å². The fourth-order valence-electron chi connectivity index (χ4n) is 2.12. The van der Waals surface area contributed by atoms with Gasteiger partial charge in [0.2, 0.25) is 0 Å². The molecule has 4 nitrogen and oxygen atoms in total. The summed E-state index contributed by atoms with van der Waals surface area (Å²) in [6.45, 7) is 7.43. The van der Waals surface area contributed by atoms with Crippen LogP contribution in [-0.2, 0) is 17.7 Å². The highest BCUT2D eigenvalue weighted by molar-refractivity contribution is 5.67. The topological polar surface area (TPSA) is 58.6 Å². The summed E-state index contributed by atoms with van der Waals surface area (Å²) in [6, 6.07) is 4.84. The number of ether oxygens (including phenoxy) is 1. The molecule has 0 aliphatic carbocycles. The van der Waals surface area contributed by atoms with Gasteiger partial charge in [0.15, 0.2) is 0 Å². The number of benzene rings is 1. The molecule has 0 aliphatic heterocycles. The number of hydrogen-bond acceptors (Lipinski definition) is 3. The monoisotopic (exact) mass is 311 g/mol. The predicted molar refractivity (Wildman–Crippen MR) is 84.0 cm³/mol. The summed E-state index contributed by atoms with van der Waals surface area (Å²) in [4.78, 5) is 11.7. The van der Waals surface area contributed by atoms with Crippen molar-refractivity contribution in [2.45, 2.75) is 52.7 Å². The number of rotatable bonds is 6. The first-order valence-electron chi connectivity index (χ1n) is 7.60. The molecule has 0 bridgehead atoms. The molecule has 2 N–H and O–H groups in total. The molecular weight excluding hydrogens is 285 g/mol. The van der Waals surface area contributed by atoms with Crippen LogP contribution in [0.4, 0.5) is 9.18 Å². The second kappa shape index (κ2) is 8.13. The Balaban J connectivity index is 2.79. The van der Waals surface area contributed by atoms with Crippen LogP contribution in [0.1, 0.15) is 45.2 Å². The van der Waals surface area contributed by atoms with Crippen LogP contribution in [0.25, 0.3) is 0 Å². The van der Waals surface area contributed by atoms with Gasteiger partial charge in [-0.15, -0.1) is 0 Å². The van der Waals surface area contributed by atoms with Crippen molar-refractivity contribution in [3.63, 3.8) is 0 Å². The minimum Gasteiger partial charge on any atom is -0.444 e. The summed E-state index contributed by atoms with van der Waals surface area (Å²) in [5, 5.41) is 11.9. The van der Waals surface area contributed by atoms with E-state index in [1.54, 1.807) is 26.8 Å². The van der Waals surface area contributed by atoms with E-state index in [0.29, 0.717) is 12.0 Å². The van der Waals surface area contributed by atoms with Gasteiger partial charge in [-0.25, -0.2) is 9.18 Å². The Morgan fingerprint density at radius 3 is 2.64 bits per heavy atom. The minimum absolute atomic E-state index is 0.0615. The number of alkyl carbamates (subject to hydrolysis) is 1. The quantitative estimate of drug-likeness (QED) is 0.846.